The Bertz CT molecular complexity index is 1070. The molecule has 8 nitrogen and oxygen atoms in total. The first kappa shape index (κ1) is 25.0. The van der Waals surface area contributed by atoms with Crippen molar-refractivity contribution in [2.45, 2.75) is 0 Å². The molecule has 1 fully saturated rings. The van der Waals surface area contributed by atoms with Crippen molar-refractivity contribution >= 4 is 63.8 Å². The van der Waals surface area contributed by atoms with Gasteiger partial charge in [-0.05, 0) is 49.6 Å². The molecule has 0 aromatic heterocycles. The van der Waals surface area contributed by atoms with Gasteiger partial charge in [-0.25, -0.2) is 4.79 Å². The SMILES string of the molecule is COC(=O)c1ccc(N2CCN(C)CC2)c(NC(=S)NC(=O)c2cc(Cl)cc(Cl)c2OC)c1. The maximum Gasteiger partial charge on any atom is 0.337 e. The summed E-state index contributed by atoms with van der Waals surface area (Å²) in [5.74, 6) is -0.831. The highest BCUT2D eigenvalue weighted by molar-refractivity contribution is 7.80. The van der Waals surface area contributed by atoms with Crippen LogP contribution in [0.15, 0.2) is 30.3 Å². The summed E-state index contributed by atoms with van der Waals surface area (Å²) < 4.78 is 10.1. The van der Waals surface area contributed by atoms with E-state index in [4.69, 9.17) is 44.9 Å². The number of nitrogens with one attached hydrogen (secondary N) is 2. The van der Waals surface area contributed by atoms with Crippen molar-refractivity contribution in [2.24, 2.45) is 0 Å². The number of rotatable bonds is 5. The largest absolute Gasteiger partial charge is 0.494 e. The van der Waals surface area contributed by atoms with Crippen LogP contribution in [0.1, 0.15) is 20.7 Å². The van der Waals surface area contributed by atoms with E-state index in [9.17, 15) is 9.59 Å². The smallest absolute Gasteiger partial charge is 0.337 e. The van der Waals surface area contributed by atoms with Gasteiger partial charge >= 0.3 is 5.97 Å². The van der Waals surface area contributed by atoms with E-state index < -0.39 is 11.9 Å². The molecule has 0 saturated carbocycles. The van der Waals surface area contributed by atoms with Gasteiger partial charge in [0.25, 0.3) is 5.91 Å². The predicted octanol–water partition coefficient (Wildman–Crippen LogP) is 3.67. The van der Waals surface area contributed by atoms with E-state index in [1.54, 1.807) is 12.1 Å². The number of likely N-dealkylation sites (N-methyl/N-ethyl adjacent to an activating group) is 1. The number of carbonyl (C=O) groups excluding carboxylic acids is 2. The second-order valence-corrected chi connectivity index (χ2v) is 8.64. The van der Waals surface area contributed by atoms with Crippen LogP contribution in [0.2, 0.25) is 10.0 Å². The molecule has 11 heteroatoms. The van der Waals surface area contributed by atoms with Gasteiger partial charge in [0, 0.05) is 31.2 Å². The van der Waals surface area contributed by atoms with Crippen LogP contribution in [-0.4, -0.2) is 69.3 Å². The van der Waals surface area contributed by atoms with Crippen LogP contribution in [0.25, 0.3) is 0 Å². The normalized spacial score (nSPS) is 13.9. The van der Waals surface area contributed by atoms with Crippen molar-refractivity contribution < 1.29 is 19.1 Å². The molecule has 0 spiro atoms. The molecule has 1 aliphatic rings. The Hall–Kier alpha value is -2.59. The van der Waals surface area contributed by atoms with Crippen LogP contribution in [0, 0.1) is 0 Å². The number of halogens is 2. The van der Waals surface area contributed by atoms with Gasteiger partial charge in [0.05, 0.1) is 41.7 Å². The zero-order valence-corrected chi connectivity index (χ0v) is 20.7. The number of carbonyl (C=O) groups is 2. The fourth-order valence-corrected chi connectivity index (χ4v) is 4.24. The third kappa shape index (κ3) is 6.05. The van der Waals surface area contributed by atoms with Gasteiger partial charge in [0.15, 0.2) is 5.11 Å². The molecule has 1 aliphatic heterocycles. The summed E-state index contributed by atoms with van der Waals surface area (Å²) >= 11 is 17.6. The average Bonchev–Trinajstić information content (AvgIpc) is 2.78. The van der Waals surface area contributed by atoms with Gasteiger partial charge < -0.3 is 24.6 Å². The summed E-state index contributed by atoms with van der Waals surface area (Å²) in [5, 5.41) is 6.18. The van der Waals surface area contributed by atoms with E-state index in [0.717, 1.165) is 31.9 Å². The minimum absolute atomic E-state index is 0.0375. The van der Waals surface area contributed by atoms with Crippen LogP contribution in [0.3, 0.4) is 0 Å². The van der Waals surface area contributed by atoms with E-state index in [0.29, 0.717) is 11.3 Å². The molecule has 0 radical (unpaired) electrons. The number of ether oxygens (including phenoxy) is 2. The fourth-order valence-electron chi connectivity index (χ4n) is 3.46. The number of nitrogens with zero attached hydrogens (tertiary/aromatic N) is 2. The molecule has 3 rings (SSSR count). The van der Waals surface area contributed by atoms with Crippen LogP contribution >= 0.6 is 35.4 Å². The fraction of sp³-hybridized carbons (Fsp3) is 0.318. The van der Waals surface area contributed by atoms with Crippen LogP contribution in [0.5, 0.6) is 5.75 Å². The Kier molecular flexibility index (Phi) is 8.36. The standard InChI is InChI=1S/C22H24Cl2N4O4S/c1-27-6-8-28(9-7-27)18-5-4-13(21(30)32-3)10-17(18)25-22(33)26-20(29)15-11-14(23)12-16(24)19(15)31-2/h4-5,10-12H,6-9H2,1-3H3,(H2,25,26,29,33). The van der Waals surface area contributed by atoms with Crippen molar-refractivity contribution in [3.63, 3.8) is 0 Å². The van der Waals surface area contributed by atoms with E-state index in [1.807, 2.05) is 6.07 Å². The third-order valence-electron chi connectivity index (χ3n) is 5.19. The zero-order valence-electron chi connectivity index (χ0n) is 18.4. The summed E-state index contributed by atoms with van der Waals surface area (Å²) in [6, 6.07) is 8.11. The number of hydrogen-bond donors (Lipinski definition) is 2. The van der Waals surface area contributed by atoms with Crippen molar-refractivity contribution in [2.75, 3.05) is 57.7 Å². The summed E-state index contributed by atoms with van der Waals surface area (Å²) in [4.78, 5) is 29.3. The average molecular weight is 511 g/mol. The first-order valence-electron chi connectivity index (χ1n) is 10.0. The van der Waals surface area contributed by atoms with Crippen LogP contribution in [0.4, 0.5) is 11.4 Å². The molecule has 2 aromatic carbocycles. The van der Waals surface area contributed by atoms with Gasteiger partial charge in [-0.2, -0.15) is 0 Å². The molecular weight excluding hydrogens is 487 g/mol. The van der Waals surface area contributed by atoms with Crippen molar-refractivity contribution in [3.8, 4) is 5.75 Å². The number of esters is 1. The van der Waals surface area contributed by atoms with Crippen molar-refractivity contribution in [1.29, 1.82) is 0 Å². The number of hydrogen-bond acceptors (Lipinski definition) is 7. The molecule has 176 valence electrons. The monoisotopic (exact) mass is 510 g/mol. The van der Waals surface area contributed by atoms with Crippen LogP contribution in [-0.2, 0) is 4.74 Å². The molecule has 1 saturated heterocycles. The van der Waals surface area contributed by atoms with E-state index in [2.05, 4.69) is 27.5 Å². The van der Waals surface area contributed by atoms with Crippen LogP contribution < -0.4 is 20.3 Å². The van der Waals surface area contributed by atoms with Crippen molar-refractivity contribution in [3.05, 3.63) is 51.5 Å². The number of methoxy groups -OCH3 is 2. The number of piperazine rings is 1. The first-order chi connectivity index (χ1) is 15.7. The van der Waals surface area contributed by atoms with E-state index in [1.165, 1.54) is 26.4 Å². The predicted molar refractivity (Wildman–Crippen MR) is 134 cm³/mol. The van der Waals surface area contributed by atoms with Gasteiger partial charge in [-0.3, -0.25) is 10.1 Å². The summed E-state index contributed by atoms with van der Waals surface area (Å²) in [6.45, 7) is 3.41. The lowest BCUT2D eigenvalue weighted by Crippen LogP contribution is -2.45. The lowest BCUT2D eigenvalue weighted by atomic mass is 10.1. The lowest BCUT2D eigenvalue weighted by molar-refractivity contribution is 0.0600. The molecule has 0 aliphatic carbocycles. The number of benzene rings is 2. The lowest BCUT2D eigenvalue weighted by Gasteiger charge is -2.35. The molecule has 1 heterocycles. The quantitative estimate of drug-likeness (QED) is 0.465. The Morgan fingerprint density at radius 2 is 1.76 bits per heavy atom. The summed E-state index contributed by atoms with van der Waals surface area (Å²) in [6.07, 6.45) is 0. The van der Waals surface area contributed by atoms with Gasteiger partial charge in [-0.15, -0.1) is 0 Å². The minimum atomic E-state index is -0.543. The number of thiocarbonyl (C=S) groups is 1. The summed E-state index contributed by atoms with van der Waals surface area (Å²) in [5.41, 5.74) is 1.93. The first-order valence-corrected chi connectivity index (χ1v) is 11.2. The Labute approximate surface area is 207 Å². The van der Waals surface area contributed by atoms with Crippen molar-refractivity contribution in [1.82, 2.24) is 10.2 Å². The Morgan fingerprint density at radius 1 is 1.06 bits per heavy atom. The minimum Gasteiger partial charge on any atom is -0.494 e. The molecule has 0 bridgehead atoms. The third-order valence-corrected chi connectivity index (χ3v) is 5.90. The van der Waals surface area contributed by atoms with Gasteiger partial charge in [0.2, 0.25) is 0 Å². The number of anilines is 2. The number of amides is 1. The second-order valence-electron chi connectivity index (χ2n) is 7.39. The molecule has 2 aromatic rings. The molecule has 2 N–H and O–H groups in total. The summed E-state index contributed by atoms with van der Waals surface area (Å²) in [7, 11) is 4.79. The van der Waals surface area contributed by atoms with E-state index in [-0.39, 0.29) is 26.5 Å². The maximum atomic E-state index is 12.8. The topological polar surface area (TPSA) is 83.1 Å². The Morgan fingerprint density at radius 3 is 2.39 bits per heavy atom. The Balaban J connectivity index is 1.84. The highest BCUT2D eigenvalue weighted by Gasteiger charge is 2.21. The van der Waals surface area contributed by atoms with E-state index >= 15 is 0 Å². The second kappa shape index (κ2) is 11.0. The zero-order chi connectivity index (χ0) is 24.1. The molecular formula is C22H24Cl2N4O4S. The van der Waals surface area contributed by atoms with Gasteiger partial charge in [0.1, 0.15) is 5.75 Å². The van der Waals surface area contributed by atoms with Gasteiger partial charge in [-0.1, -0.05) is 23.2 Å². The molecule has 1 amide bonds. The maximum absolute atomic E-state index is 12.8. The highest BCUT2D eigenvalue weighted by atomic mass is 35.5. The molecule has 0 unspecified atom stereocenters. The molecule has 0 atom stereocenters. The highest BCUT2D eigenvalue weighted by Crippen LogP contribution is 2.32. The molecule has 33 heavy (non-hydrogen) atoms.